The van der Waals surface area contributed by atoms with Gasteiger partial charge in [-0.25, -0.2) is 4.98 Å². The third kappa shape index (κ3) is 3.65. The maximum Gasteiger partial charge on any atom is 0.416 e. The number of benzene rings is 1. The molecule has 0 saturated heterocycles. The summed E-state index contributed by atoms with van der Waals surface area (Å²) in [7, 11) is 1.51. The molecule has 0 aliphatic carbocycles. The standard InChI is InChI=1S/C15H15F3N2O/c1-10(20-13-4-3-9-19-14(13)21-2)11-5-7-12(8-6-11)15(16,17)18/h3-10,20H,1-2H3. The third-order valence-corrected chi connectivity index (χ3v) is 3.07. The van der Waals surface area contributed by atoms with Crippen molar-refractivity contribution in [2.24, 2.45) is 0 Å². The lowest BCUT2D eigenvalue weighted by Gasteiger charge is -2.17. The van der Waals surface area contributed by atoms with Crippen LogP contribution in [0.1, 0.15) is 24.1 Å². The van der Waals surface area contributed by atoms with Crippen molar-refractivity contribution in [3.8, 4) is 5.88 Å². The van der Waals surface area contributed by atoms with E-state index in [0.29, 0.717) is 11.6 Å². The second-order valence-corrected chi connectivity index (χ2v) is 4.55. The van der Waals surface area contributed by atoms with Gasteiger partial charge in [-0.15, -0.1) is 0 Å². The summed E-state index contributed by atoms with van der Waals surface area (Å²) in [5, 5.41) is 3.17. The van der Waals surface area contributed by atoms with Gasteiger partial charge in [0.05, 0.1) is 18.4 Å². The minimum absolute atomic E-state index is 0.176. The summed E-state index contributed by atoms with van der Waals surface area (Å²) < 4.78 is 42.7. The molecule has 0 aliphatic heterocycles. The second kappa shape index (κ2) is 6.03. The molecule has 2 aromatic rings. The van der Waals surface area contributed by atoms with Crippen LogP contribution in [0.5, 0.6) is 5.88 Å². The number of halogens is 3. The molecule has 2 rings (SSSR count). The van der Waals surface area contributed by atoms with Crippen molar-refractivity contribution in [1.82, 2.24) is 4.98 Å². The van der Waals surface area contributed by atoms with Crippen LogP contribution < -0.4 is 10.1 Å². The van der Waals surface area contributed by atoms with Gasteiger partial charge < -0.3 is 10.1 Å². The van der Waals surface area contributed by atoms with Gasteiger partial charge in [-0.3, -0.25) is 0 Å². The number of rotatable bonds is 4. The summed E-state index contributed by atoms with van der Waals surface area (Å²) in [5.41, 5.74) is 0.777. The molecule has 0 spiro atoms. The van der Waals surface area contributed by atoms with Crippen LogP contribution in [-0.4, -0.2) is 12.1 Å². The van der Waals surface area contributed by atoms with Crippen LogP contribution in [0.25, 0.3) is 0 Å². The highest BCUT2D eigenvalue weighted by Crippen LogP contribution is 2.31. The summed E-state index contributed by atoms with van der Waals surface area (Å²) in [6.45, 7) is 1.86. The van der Waals surface area contributed by atoms with Gasteiger partial charge in [0.15, 0.2) is 0 Å². The van der Waals surface area contributed by atoms with Gasteiger partial charge in [0.2, 0.25) is 5.88 Å². The number of alkyl halides is 3. The van der Waals surface area contributed by atoms with Crippen molar-refractivity contribution in [3.63, 3.8) is 0 Å². The van der Waals surface area contributed by atoms with E-state index in [4.69, 9.17) is 4.74 Å². The minimum Gasteiger partial charge on any atom is -0.480 e. The lowest BCUT2D eigenvalue weighted by atomic mass is 10.1. The Morgan fingerprint density at radius 1 is 1.14 bits per heavy atom. The number of ether oxygens (including phenoxy) is 1. The van der Waals surface area contributed by atoms with Crippen molar-refractivity contribution in [1.29, 1.82) is 0 Å². The molecular formula is C15H15F3N2O. The zero-order chi connectivity index (χ0) is 15.5. The zero-order valence-corrected chi connectivity index (χ0v) is 11.6. The predicted molar refractivity (Wildman–Crippen MR) is 74.3 cm³/mol. The van der Waals surface area contributed by atoms with Crippen molar-refractivity contribution >= 4 is 5.69 Å². The van der Waals surface area contributed by atoms with E-state index < -0.39 is 11.7 Å². The molecule has 1 atom stereocenters. The maximum atomic E-state index is 12.5. The summed E-state index contributed by atoms with van der Waals surface area (Å²) in [5.74, 6) is 0.441. The molecule has 1 N–H and O–H groups in total. The van der Waals surface area contributed by atoms with E-state index in [9.17, 15) is 13.2 Å². The van der Waals surface area contributed by atoms with E-state index in [1.807, 2.05) is 6.92 Å². The van der Waals surface area contributed by atoms with E-state index >= 15 is 0 Å². The smallest absolute Gasteiger partial charge is 0.416 e. The zero-order valence-electron chi connectivity index (χ0n) is 11.6. The number of anilines is 1. The monoisotopic (exact) mass is 296 g/mol. The molecule has 0 fully saturated rings. The summed E-state index contributed by atoms with van der Waals surface area (Å²) in [6.07, 6.45) is -2.71. The number of hydrogen-bond acceptors (Lipinski definition) is 3. The van der Waals surface area contributed by atoms with Gasteiger partial charge in [-0.1, -0.05) is 12.1 Å². The maximum absolute atomic E-state index is 12.5. The lowest BCUT2D eigenvalue weighted by Crippen LogP contribution is -2.09. The molecule has 112 valence electrons. The normalized spacial score (nSPS) is 12.8. The Morgan fingerprint density at radius 2 is 1.81 bits per heavy atom. The highest BCUT2D eigenvalue weighted by Gasteiger charge is 2.30. The molecule has 0 bridgehead atoms. The number of methoxy groups -OCH3 is 1. The Kier molecular flexibility index (Phi) is 4.35. The first-order chi connectivity index (χ1) is 9.91. The van der Waals surface area contributed by atoms with Gasteiger partial charge in [0.25, 0.3) is 0 Å². The van der Waals surface area contributed by atoms with Crippen LogP contribution in [0.4, 0.5) is 18.9 Å². The average molecular weight is 296 g/mol. The Bertz CT molecular complexity index is 597. The van der Waals surface area contributed by atoms with Crippen LogP contribution in [0.3, 0.4) is 0 Å². The molecular weight excluding hydrogens is 281 g/mol. The number of hydrogen-bond donors (Lipinski definition) is 1. The van der Waals surface area contributed by atoms with Crippen LogP contribution in [0.15, 0.2) is 42.6 Å². The Hall–Kier alpha value is -2.24. The first-order valence-electron chi connectivity index (χ1n) is 6.34. The van der Waals surface area contributed by atoms with Crippen molar-refractivity contribution in [2.45, 2.75) is 19.1 Å². The van der Waals surface area contributed by atoms with E-state index in [2.05, 4.69) is 10.3 Å². The quantitative estimate of drug-likeness (QED) is 0.914. The predicted octanol–water partition coefficient (Wildman–Crippen LogP) is 4.28. The second-order valence-electron chi connectivity index (χ2n) is 4.55. The molecule has 0 saturated carbocycles. The van der Waals surface area contributed by atoms with E-state index in [0.717, 1.165) is 17.7 Å². The van der Waals surface area contributed by atoms with Gasteiger partial charge in [-0.2, -0.15) is 13.2 Å². The minimum atomic E-state index is -4.32. The Labute approximate surface area is 120 Å². The Morgan fingerprint density at radius 3 is 2.38 bits per heavy atom. The van der Waals surface area contributed by atoms with Crippen molar-refractivity contribution in [2.75, 3.05) is 12.4 Å². The fourth-order valence-electron chi connectivity index (χ4n) is 1.94. The summed E-state index contributed by atoms with van der Waals surface area (Å²) >= 11 is 0. The molecule has 0 amide bonds. The fraction of sp³-hybridized carbons (Fsp3) is 0.267. The number of nitrogens with one attached hydrogen (secondary N) is 1. The number of aromatic nitrogens is 1. The molecule has 1 unspecified atom stereocenters. The van der Waals surface area contributed by atoms with Crippen molar-refractivity contribution in [3.05, 3.63) is 53.7 Å². The number of nitrogens with zero attached hydrogens (tertiary/aromatic N) is 1. The molecule has 6 heteroatoms. The van der Waals surface area contributed by atoms with Gasteiger partial charge >= 0.3 is 6.18 Å². The largest absolute Gasteiger partial charge is 0.480 e. The lowest BCUT2D eigenvalue weighted by molar-refractivity contribution is -0.137. The van der Waals surface area contributed by atoms with E-state index in [-0.39, 0.29) is 6.04 Å². The first-order valence-corrected chi connectivity index (χ1v) is 6.34. The van der Waals surface area contributed by atoms with Crippen LogP contribution in [0.2, 0.25) is 0 Å². The molecule has 3 nitrogen and oxygen atoms in total. The van der Waals surface area contributed by atoms with Crippen LogP contribution in [-0.2, 0) is 6.18 Å². The first kappa shape index (κ1) is 15.2. The van der Waals surface area contributed by atoms with E-state index in [1.54, 1.807) is 18.3 Å². The van der Waals surface area contributed by atoms with Crippen LogP contribution >= 0.6 is 0 Å². The molecule has 1 aromatic carbocycles. The van der Waals surface area contributed by atoms with Gasteiger partial charge in [-0.05, 0) is 36.8 Å². The molecule has 0 aliphatic rings. The van der Waals surface area contributed by atoms with E-state index in [1.165, 1.54) is 19.2 Å². The fourth-order valence-corrected chi connectivity index (χ4v) is 1.94. The third-order valence-electron chi connectivity index (χ3n) is 3.07. The van der Waals surface area contributed by atoms with Crippen molar-refractivity contribution < 1.29 is 17.9 Å². The topological polar surface area (TPSA) is 34.1 Å². The van der Waals surface area contributed by atoms with Crippen LogP contribution in [0, 0.1) is 0 Å². The molecule has 1 aromatic heterocycles. The van der Waals surface area contributed by atoms with Gasteiger partial charge in [0.1, 0.15) is 0 Å². The number of pyridine rings is 1. The highest BCUT2D eigenvalue weighted by atomic mass is 19.4. The summed E-state index contributed by atoms with van der Waals surface area (Å²) in [6, 6.07) is 8.45. The molecule has 0 radical (unpaired) electrons. The van der Waals surface area contributed by atoms with Gasteiger partial charge in [0, 0.05) is 12.2 Å². The SMILES string of the molecule is COc1ncccc1NC(C)c1ccc(C(F)(F)F)cc1. The highest BCUT2D eigenvalue weighted by molar-refractivity contribution is 5.53. The molecule has 21 heavy (non-hydrogen) atoms. The molecule has 1 heterocycles. The summed E-state index contributed by atoms with van der Waals surface area (Å²) in [4.78, 5) is 4.06. The average Bonchev–Trinajstić information content (AvgIpc) is 2.47. The Balaban J connectivity index is 2.15.